The van der Waals surface area contributed by atoms with Gasteiger partial charge in [0, 0.05) is 17.3 Å². The number of nitrogens with one attached hydrogen (secondary N) is 1. The van der Waals surface area contributed by atoms with Crippen LogP contribution in [0.4, 0.5) is 0 Å². The second-order valence-corrected chi connectivity index (χ2v) is 7.05. The van der Waals surface area contributed by atoms with E-state index in [1.807, 2.05) is 18.2 Å². The number of alkyl halides is 1. The maximum atomic E-state index is 12.6. The zero-order chi connectivity index (χ0) is 14.9. The molecule has 1 aromatic carbocycles. The van der Waals surface area contributed by atoms with Crippen LogP contribution in [0, 0.1) is 5.92 Å². The average Bonchev–Trinajstić information content (AvgIpc) is 2.94. The molecule has 4 heteroatoms. The van der Waals surface area contributed by atoms with E-state index in [9.17, 15) is 4.79 Å². The number of benzene rings is 1. The van der Waals surface area contributed by atoms with Crippen molar-refractivity contribution in [3.63, 3.8) is 0 Å². The predicted molar refractivity (Wildman–Crippen MR) is 87.3 cm³/mol. The van der Waals surface area contributed by atoms with Gasteiger partial charge in [-0.15, -0.1) is 0 Å². The number of fused-ring (bicyclic) bond motifs is 1. The van der Waals surface area contributed by atoms with Gasteiger partial charge in [-0.25, -0.2) is 0 Å². The topological polar surface area (TPSA) is 38.3 Å². The van der Waals surface area contributed by atoms with Crippen molar-refractivity contribution in [2.24, 2.45) is 5.92 Å². The van der Waals surface area contributed by atoms with Gasteiger partial charge in [-0.3, -0.25) is 4.79 Å². The molecule has 0 aromatic heterocycles. The monoisotopic (exact) mass is 351 g/mol. The SMILES string of the molecule is CC1CCCC(CBr)(NC(=O)c2ccc3c(c2)CCO3)C1. The lowest BCUT2D eigenvalue weighted by atomic mass is 9.77. The molecule has 1 amide bonds. The minimum atomic E-state index is -0.0930. The first kappa shape index (κ1) is 14.9. The number of carbonyl (C=O) groups excluding carboxylic acids is 1. The van der Waals surface area contributed by atoms with E-state index in [0.717, 1.165) is 48.1 Å². The molecule has 0 bridgehead atoms. The van der Waals surface area contributed by atoms with Gasteiger partial charge in [-0.1, -0.05) is 35.7 Å². The van der Waals surface area contributed by atoms with Crippen molar-refractivity contribution >= 4 is 21.8 Å². The molecule has 0 saturated heterocycles. The Morgan fingerprint density at radius 2 is 2.38 bits per heavy atom. The summed E-state index contributed by atoms with van der Waals surface area (Å²) in [6.45, 7) is 3.00. The standard InChI is InChI=1S/C17H22BrNO2/c1-12-3-2-7-17(10-12,11-18)19-16(20)14-4-5-15-13(9-14)6-8-21-15/h4-5,9,12H,2-3,6-8,10-11H2,1H3,(H,19,20). The molecule has 114 valence electrons. The Morgan fingerprint density at radius 1 is 1.52 bits per heavy atom. The fourth-order valence-corrected chi connectivity index (χ4v) is 4.22. The van der Waals surface area contributed by atoms with Gasteiger partial charge in [0.25, 0.3) is 5.91 Å². The Morgan fingerprint density at radius 3 is 3.14 bits per heavy atom. The Bertz CT molecular complexity index is 546. The fraction of sp³-hybridized carbons (Fsp3) is 0.588. The van der Waals surface area contributed by atoms with Crippen LogP contribution >= 0.6 is 15.9 Å². The number of rotatable bonds is 3. The Kier molecular flexibility index (Phi) is 4.25. The second-order valence-electron chi connectivity index (χ2n) is 6.49. The number of halogens is 1. The first-order valence-electron chi connectivity index (χ1n) is 7.76. The van der Waals surface area contributed by atoms with E-state index in [1.54, 1.807) is 0 Å². The first-order valence-corrected chi connectivity index (χ1v) is 8.88. The van der Waals surface area contributed by atoms with Crippen molar-refractivity contribution in [1.82, 2.24) is 5.32 Å². The smallest absolute Gasteiger partial charge is 0.251 e. The van der Waals surface area contributed by atoms with E-state index >= 15 is 0 Å². The molecule has 1 aliphatic carbocycles. The Hall–Kier alpha value is -1.03. The summed E-state index contributed by atoms with van der Waals surface area (Å²) in [6.07, 6.45) is 5.46. The van der Waals surface area contributed by atoms with Gasteiger partial charge < -0.3 is 10.1 Å². The van der Waals surface area contributed by atoms with Crippen LogP contribution in [0.1, 0.15) is 48.5 Å². The van der Waals surface area contributed by atoms with E-state index in [0.29, 0.717) is 5.92 Å². The van der Waals surface area contributed by atoms with E-state index in [-0.39, 0.29) is 11.4 Å². The highest BCUT2D eigenvalue weighted by Crippen LogP contribution is 2.34. The number of amides is 1. The van der Waals surface area contributed by atoms with Crippen molar-refractivity contribution in [1.29, 1.82) is 0 Å². The molecule has 3 nitrogen and oxygen atoms in total. The van der Waals surface area contributed by atoms with Gasteiger partial charge in [0.2, 0.25) is 0 Å². The molecule has 1 heterocycles. The number of hydrogen-bond donors (Lipinski definition) is 1. The highest BCUT2D eigenvalue weighted by atomic mass is 79.9. The summed E-state index contributed by atoms with van der Waals surface area (Å²) >= 11 is 3.61. The molecule has 3 rings (SSSR count). The van der Waals surface area contributed by atoms with Crippen LogP contribution in [0.2, 0.25) is 0 Å². The van der Waals surface area contributed by atoms with Crippen molar-refractivity contribution in [3.05, 3.63) is 29.3 Å². The van der Waals surface area contributed by atoms with Gasteiger partial charge in [0.1, 0.15) is 5.75 Å². The number of ether oxygens (including phenoxy) is 1. The minimum absolute atomic E-state index is 0.0400. The molecular formula is C17H22BrNO2. The van der Waals surface area contributed by atoms with Crippen molar-refractivity contribution in [2.45, 2.75) is 44.6 Å². The molecule has 1 N–H and O–H groups in total. The lowest BCUT2D eigenvalue weighted by molar-refractivity contribution is 0.0869. The highest BCUT2D eigenvalue weighted by molar-refractivity contribution is 9.09. The van der Waals surface area contributed by atoms with Gasteiger partial charge in [-0.2, -0.15) is 0 Å². The van der Waals surface area contributed by atoms with Gasteiger partial charge >= 0.3 is 0 Å². The molecule has 2 atom stereocenters. The molecule has 0 radical (unpaired) electrons. The summed E-state index contributed by atoms with van der Waals surface area (Å²) in [5.41, 5.74) is 1.80. The summed E-state index contributed by atoms with van der Waals surface area (Å²) in [4.78, 5) is 12.6. The van der Waals surface area contributed by atoms with Crippen LogP contribution < -0.4 is 10.1 Å². The first-order chi connectivity index (χ1) is 10.1. The maximum absolute atomic E-state index is 12.6. The molecule has 2 aliphatic rings. The van der Waals surface area contributed by atoms with Crippen LogP contribution in [0.5, 0.6) is 5.75 Å². The Labute approximate surface area is 134 Å². The second kappa shape index (κ2) is 5.99. The largest absolute Gasteiger partial charge is 0.493 e. The summed E-state index contributed by atoms with van der Waals surface area (Å²) in [7, 11) is 0. The lowest BCUT2D eigenvalue weighted by Crippen LogP contribution is -2.52. The fourth-order valence-electron chi connectivity index (χ4n) is 3.57. The molecule has 1 aliphatic heterocycles. The summed E-state index contributed by atoms with van der Waals surface area (Å²) < 4.78 is 5.50. The molecule has 1 fully saturated rings. The van der Waals surface area contributed by atoms with Crippen LogP contribution in [0.3, 0.4) is 0 Å². The summed E-state index contributed by atoms with van der Waals surface area (Å²) in [5.74, 6) is 1.64. The van der Waals surface area contributed by atoms with Crippen molar-refractivity contribution in [3.8, 4) is 5.75 Å². The van der Waals surface area contributed by atoms with E-state index in [2.05, 4.69) is 28.2 Å². The van der Waals surface area contributed by atoms with Gasteiger partial charge in [0.05, 0.1) is 12.1 Å². The normalized spacial score (nSPS) is 27.8. The van der Waals surface area contributed by atoms with E-state index in [4.69, 9.17) is 4.74 Å². The third kappa shape index (κ3) is 3.10. The number of carbonyl (C=O) groups is 1. The zero-order valence-corrected chi connectivity index (χ0v) is 14.0. The third-order valence-electron chi connectivity index (χ3n) is 4.68. The third-order valence-corrected chi connectivity index (χ3v) is 5.75. The maximum Gasteiger partial charge on any atom is 0.251 e. The predicted octanol–water partition coefficient (Wildman–Crippen LogP) is 3.70. The van der Waals surface area contributed by atoms with E-state index in [1.165, 1.54) is 12.8 Å². The van der Waals surface area contributed by atoms with Gasteiger partial charge in [-0.05, 0) is 42.5 Å². The van der Waals surface area contributed by atoms with Crippen LogP contribution in [-0.4, -0.2) is 23.4 Å². The highest BCUT2D eigenvalue weighted by Gasteiger charge is 2.35. The van der Waals surface area contributed by atoms with Crippen LogP contribution in [-0.2, 0) is 6.42 Å². The molecule has 0 spiro atoms. The molecule has 1 aromatic rings. The van der Waals surface area contributed by atoms with Crippen molar-refractivity contribution in [2.75, 3.05) is 11.9 Å². The quantitative estimate of drug-likeness (QED) is 0.843. The molecule has 1 saturated carbocycles. The summed E-state index contributed by atoms with van der Waals surface area (Å²) in [5, 5.41) is 4.12. The van der Waals surface area contributed by atoms with Crippen LogP contribution in [0.25, 0.3) is 0 Å². The van der Waals surface area contributed by atoms with Crippen molar-refractivity contribution < 1.29 is 9.53 Å². The van der Waals surface area contributed by atoms with Crippen LogP contribution in [0.15, 0.2) is 18.2 Å². The molecule has 21 heavy (non-hydrogen) atoms. The molecule has 2 unspecified atom stereocenters. The van der Waals surface area contributed by atoms with E-state index < -0.39 is 0 Å². The Balaban J connectivity index is 1.75. The lowest BCUT2D eigenvalue weighted by Gasteiger charge is -2.39. The zero-order valence-electron chi connectivity index (χ0n) is 12.5. The number of hydrogen-bond acceptors (Lipinski definition) is 2. The minimum Gasteiger partial charge on any atom is -0.493 e. The molecular weight excluding hydrogens is 330 g/mol. The average molecular weight is 352 g/mol. The van der Waals surface area contributed by atoms with Gasteiger partial charge in [0.15, 0.2) is 0 Å². The summed E-state index contributed by atoms with van der Waals surface area (Å²) in [6, 6.07) is 5.76.